The third-order valence-corrected chi connectivity index (χ3v) is 3.88. The average molecular weight is 332 g/mol. The van der Waals surface area contributed by atoms with Crippen molar-refractivity contribution in [2.45, 2.75) is 6.42 Å². The molecular weight excluding hydrogens is 323 g/mol. The maximum absolute atomic E-state index is 10.8. The molecule has 20 heavy (non-hydrogen) atoms. The molecule has 4 nitrogen and oxygen atoms in total. The molecule has 1 aromatic carbocycles. The highest BCUT2D eigenvalue weighted by molar-refractivity contribution is 6.48. The molecule has 0 bridgehead atoms. The number of pyridine rings is 1. The van der Waals surface area contributed by atoms with E-state index < -0.39 is 5.97 Å². The Hall–Kier alpha value is -1.49. The predicted octanol–water partition coefficient (Wildman–Crippen LogP) is 3.92. The zero-order valence-corrected chi connectivity index (χ0v) is 12.3. The quantitative estimate of drug-likeness (QED) is 0.836. The van der Waals surface area contributed by atoms with E-state index in [1.54, 1.807) is 18.2 Å². The monoisotopic (exact) mass is 330 g/mol. The lowest BCUT2D eigenvalue weighted by Crippen LogP contribution is -2.05. The number of nitrogens with two attached hydrogens (primary N) is 1. The number of aliphatic carboxylic acids is 1. The summed E-state index contributed by atoms with van der Waals surface area (Å²) in [6, 6.07) is 4.73. The zero-order chi connectivity index (χ0) is 14.9. The number of rotatable bonds is 3. The molecule has 0 spiro atoms. The van der Waals surface area contributed by atoms with Gasteiger partial charge in [0.1, 0.15) is 0 Å². The summed E-state index contributed by atoms with van der Waals surface area (Å²) in [4.78, 5) is 14.9. The molecule has 0 atom stereocenters. The van der Waals surface area contributed by atoms with Gasteiger partial charge in [-0.3, -0.25) is 9.78 Å². The lowest BCUT2D eigenvalue weighted by Gasteiger charge is -2.10. The second-order valence-electron chi connectivity index (χ2n) is 4.06. The SMILES string of the molecule is Nc1c(CC(=O)O)ccnc1-c1cc(Cl)c(Cl)c(Cl)c1. The van der Waals surface area contributed by atoms with Gasteiger partial charge in [0.05, 0.1) is 32.9 Å². The molecule has 7 heteroatoms. The number of carboxylic acid groups (broad SMARTS) is 1. The Labute approximate surface area is 130 Å². The normalized spacial score (nSPS) is 10.6. The second kappa shape index (κ2) is 5.87. The standard InChI is InChI=1S/C13H9Cl3N2O2/c14-8-3-7(4-9(15)11(8)16)13-12(17)6(1-2-18-13)5-10(19)20/h1-4H,5,17H2,(H,19,20). The third-order valence-electron chi connectivity index (χ3n) is 2.68. The molecule has 0 aliphatic rings. The number of hydrogen-bond acceptors (Lipinski definition) is 3. The van der Waals surface area contributed by atoms with Crippen LogP contribution in [0.1, 0.15) is 5.56 Å². The Morgan fingerprint density at radius 1 is 1.25 bits per heavy atom. The summed E-state index contributed by atoms with van der Waals surface area (Å²) in [7, 11) is 0. The Bertz CT molecular complexity index is 666. The molecule has 104 valence electrons. The van der Waals surface area contributed by atoms with Crippen LogP contribution in [0.2, 0.25) is 15.1 Å². The maximum atomic E-state index is 10.8. The number of nitrogen functional groups attached to an aromatic ring is 1. The molecule has 0 saturated carbocycles. The van der Waals surface area contributed by atoms with Crippen LogP contribution in [0.25, 0.3) is 11.3 Å². The van der Waals surface area contributed by atoms with E-state index in [1.165, 1.54) is 6.20 Å². The average Bonchev–Trinajstić information content (AvgIpc) is 2.37. The Balaban J connectivity index is 2.56. The smallest absolute Gasteiger partial charge is 0.307 e. The molecule has 2 rings (SSSR count). The van der Waals surface area contributed by atoms with Gasteiger partial charge in [0.2, 0.25) is 0 Å². The van der Waals surface area contributed by atoms with E-state index in [0.717, 1.165) is 0 Å². The van der Waals surface area contributed by atoms with Gasteiger partial charge in [-0.15, -0.1) is 0 Å². The van der Waals surface area contributed by atoms with Crippen molar-refractivity contribution < 1.29 is 9.90 Å². The van der Waals surface area contributed by atoms with Crippen LogP contribution in [0.4, 0.5) is 5.69 Å². The molecule has 0 aliphatic heterocycles. The van der Waals surface area contributed by atoms with E-state index in [0.29, 0.717) is 16.8 Å². The first-order valence-electron chi connectivity index (χ1n) is 5.50. The number of carbonyl (C=O) groups is 1. The van der Waals surface area contributed by atoms with Crippen LogP contribution in [-0.4, -0.2) is 16.1 Å². The predicted molar refractivity (Wildman–Crippen MR) is 80.5 cm³/mol. The van der Waals surface area contributed by atoms with E-state index in [1.807, 2.05) is 0 Å². The van der Waals surface area contributed by atoms with Gasteiger partial charge in [0.15, 0.2) is 0 Å². The largest absolute Gasteiger partial charge is 0.481 e. The fourth-order valence-corrected chi connectivity index (χ4v) is 2.35. The zero-order valence-electron chi connectivity index (χ0n) is 10.0. The van der Waals surface area contributed by atoms with E-state index in [9.17, 15) is 4.79 Å². The van der Waals surface area contributed by atoms with Gasteiger partial charge in [-0.05, 0) is 23.8 Å². The molecular formula is C13H9Cl3N2O2. The molecule has 0 saturated heterocycles. The van der Waals surface area contributed by atoms with Crippen molar-refractivity contribution in [3.8, 4) is 11.3 Å². The minimum Gasteiger partial charge on any atom is -0.481 e. The molecule has 0 radical (unpaired) electrons. The summed E-state index contributed by atoms with van der Waals surface area (Å²) in [5.74, 6) is -0.971. The highest BCUT2D eigenvalue weighted by Crippen LogP contribution is 2.36. The number of carboxylic acids is 1. The van der Waals surface area contributed by atoms with Crippen LogP contribution in [0.3, 0.4) is 0 Å². The van der Waals surface area contributed by atoms with E-state index in [2.05, 4.69) is 4.98 Å². The molecule has 2 aromatic rings. The number of benzene rings is 1. The highest BCUT2D eigenvalue weighted by Gasteiger charge is 2.14. The molecule has 0 aliphatic carbocycles. The fourth-order valence-electron chi connectivity index (χ4n) is 1.75. The maximum Gasteiger partial charge on any atom is 0.307 e. The van der Waals surface area contributed by atoms with Crippen molar-refractivity contribution in [2.24, 2.45) is 0 Å². The molecule has 0 fully saturated rings. The minimum absolute atomic E-state index is 0.184. The first-order chi connectivity index (χ1) is 9.40. The van der Waals surface area contributed by atoms with Gasteiger partial charge in [-0.1, -0.05) is 34.8 Å². The van der Waals surface area contributed by atoms with E-state index >= 15 is 0 Å². The summed E-state index contributed by atoms with van der Waals surface area (Å²) in [6.07, 6.45) is 1.30. The molecule has 1 aromatic heterocycles. The Morgan fingerprint density at radius 3 is 2.40 bits per heavy atom. The van der Waals surface area contributed by atoms with Crippen molar-refractivity contribution in [3.05, 3.63) is 45.0 Å². The van der Waals surface area contributed by atoms with Crippen molar-refractivity contribution in [1.29, 1.82) is 0 Å². The van der Waals surface area contributed by atoms with E-state index in [4.69, 9.17) is 45.6 Å². The summed E-state index contributed by atoms with van der Waals surface area (Å²) < 4.78 is 0. The van der Waals surface area contributed by atoms with Gasteiger partial charge in [0, 0.05) is 11.8 Å². The fraction of sp³-hybridized carbons (Fsp3) is 0.0769. The highest BCUT2D eigenvalue weighted by atomic mass is 35.5. The van der Waals surface area contributed by atoms with Crippen LogP contribution in [-0.2, 0) is 11.2 Å². The summed E-state index contributed by atoms with van der Waals surface area (Å²) in [5.41, 5.74) is 7.71. The van der Waals surface area contributed by atoms with Crippen molar-refractivity contribution in [2.75, 3.05) is 5.73 Å². The van der Waals surface area contributed by atoms with Crippen LogP contribution in [0.15, 0.2) is 24.4 Å². The van der Waals surface area contributed by atoms with Crippen LogP contribution >= 0.6 is 34.8 Å². The van der Waals surface area contributed by atoms with Crippen molar-refractivity contribution in [1.82, 2.24) is 4.98 Å². The van der Waals surface area contributed by atoms with Gasteiger partial charge in [0.25, 0.3) is 0 Å². The van der Waals surface area contributed by atoms with Gasteiger partial charge in [-0.2, -0.15) is 0 Å². The van der Waals surface area contributed by atoms with Gasteiger partial charge >= 0.3 is 5.97 Å². The Morgan fingerprint density at radius 2 is 1.85 bits per heavy atom. The van der Waals surface area contributed by atoms with Gasteiger partial charge < -0.3 is 10.8 Å². The molecule has 1 heterocycles. The minimum atomic E-state index is -0.971. The van der Waals surface area contributed by atoms with Crippen LogP contribution < -0.4 is 5.73 Å². The number of halogens is 3. The topological polar surface area (TPSA) is 76.2 Å². The first-order valence-corrected chi connectivity index (χ1v) is 6.63. The lowest BCUT2D eigenvalue weighted by atomic mass is 10.0. The molecule has 3 N–H and O–H groups in total. The van der Waals surface area contributed by atoms with Gasteiger partial charge in [-0.25, -0.2) is 0 Å². The molecule has 0 amide bonds. The lowest BCUT2D eigenvalue weighted by molar-refractivity contribution is -0.136. The van der Waals surface area contributed by atoms with Crippen molar-refractivity contribution in [3.63, 3.8) is 0 Å². The number of anilines is 1. The van der Waals surface area contributed by atoms with Crippen molar-refractivity contribution >= 4 is 46.5 Å². The summed E-state index contributed by atoms with van der Waals surface area (Å²) in [5, 5.41) is 9.64. The van der Waals surface area contributed by atoms with Crippen LogP contribution in [0.5, 0.6) is 0 Å². The second-order valence-corrected chi connectivity index (χ2v) is 5.25. The van der Waals surface area contributed by atoms with Crippen LogP contribution in [0, 0.1) is 0 Å². The first kappa shape index (κ1) is 14.9. The summed E-state index contributed by atoms with van der Waals surface area (Å²) >= 11 is 17.8. The Kier molecular flexibility index (Phi) is 4.38. The number of hydrogen-bond donors (Lipinski definition) is 2. The summed E-state index contributed by atoms with van der Waals surface area (Å²) in [6.45, 7) is 0. The number of nitrogens with zero attached hydrogens (tertiary/aromatic N) is 1. The third kappa shape index (κ3) is 2.98. The van der Waals surface area contributed by atoms with E-state index in [-0.39, 0.29) is 27.2 Å². The molecule has 0 unspecified atom stereocenters. The number of aromatic nitrogens is 1.